The first kappa shape index (κ1) is 10.8. The first-order valence-corrected chi connectivity index (χ1v) is 5.20. The van der Waals surface area contributed by atoms with Crippen LogP contribution in [0, 0.1) is 17.0 Å². The molecule has 0 saturated carbocycles. The van der Waals surface area contributed by atoms with Crippen molar-refractivity contribution in [3.05, 3.63) is 33.9 Å². The minimum atomic E-state index is -0.413. The predicted octanol–water partition coefficient (Wildman–Crippen LogP) is 1.22. The molecule has 16 heavy (non-hydrogen) atoms. The molecule has 0 saturated heterocycles. The summed E-state index contributed by atoms with van der Waals surface area (Å²) in [4.78, 5) is 14.3. The predicted molar refractivity (Wildman–Crippen MR) is 62.1 cm³/mol. The third kappa shape index (κ3) is 1.94. The van der Waals surface area contributed by atoms with Crippen LogP contribution in [0.4, 0.5) is 5.69 Å². The van der Waals surface area contributed by atoms with Crippen molar-refractivity contribution in [3.8, 4) is 10.6 Å². The molecule has 2 rings (SSSR count). The molecule has 0 amide bonds. The Kier molecular flexibility index (Phi) is 2.70. The van der Waals surface area contributed by atoms with Gasteiger partial charge < -0.3 is 0 Å². The van der Waals surface area contributed by atoms with E-state index in [0.717, 1.165) is 11.5 Å². The van der Waals surface area contributed by atoms with Crippen LogP contribution >= 0.6 is 11.5 Å². The van der Waals surface area contributed by atoms with E-state index < -0.39 is 4.92 Å². The topological polar surface area (TPSA) is 68.9 Å². The van der Waals surface area contributed by atoms with Crippen LogP contribution in [-0.2, 0) is 0 Å². The normalized spacial score (nSPS) is 10.3. The molecule has 5 nitrogen and oxygen atoms in total. The SMILES string of the molecule is [B]c1nsc(-c2ccc(C)c([N+](=O)[O-])c2)n1. The molecule has 0 aliphatic carbocycles. The molecule has 0 aliphatic heterocycles. The number of nitro benzene ring substituents is 1. The van der Waals surface area contributed by atoms with E-state index >= 15 is 0 Å². The highest BCUT2D eigenvalue weighted by molar-refractivity contribution is 7.09. The number of aryl methyl sites for hydroxylation is 1. The lowest BCUT2D eigenvalue weighted by atomic mass is 10.1. The van der Waals surface area contributed by atoms with E-state index in [0.29, 0.717) is 16.1 Å². The van der Waals surface area contributed by atoms with Crippen LogP contribution in [0.3, 0.4) is 0 Å². The highest BCUT2D eigenvalue weighted by Gasteiger charge is 2.13. The number of aromatic nitrogens is 2. The summed E-state index contributed by atoms with van der Waals surface area (Å²) in [5, 5.41) is 11.3. The zero-order valence-corrected chi connectivity index (χ0v) is 9.19. The van der Waals surface area contributed by atoms with Gasteiger partial charge in [0.15, 0.2) is 7.85 Å². The lowest BCUT2D eigenvalue weighted by Gasteiger charge is -1.99. The average molecular weight is 231 g/mol. The summed E-state index contributed by atoms with van der Waals surface area (Å²) in [6, 6.07) is 4.93. The first-order valence-electron chi connectivity index (χ1n) is 4.42. The molecule has 78 valence electrons. The molecule has 1 aromatic carbocycles. The Morgan fingerprint density at radius 1 is 1.50 bits per heavy atom. The lowest BCUT2D eigenvalue weighted by Crippen LogP contribution is -2.05. The second kappa shape index (κ2) is 4.01. The molecule has 0 atom stereocenters. The Bertz CT molecular complexity index is 555. The quantitative estimate of drug-likeness (QED) is 0.442. The molecule has 1 heterocycles. The molecular weight excluding hydrogens is 225 g/mol. The van der Waals surface area contributed by atoms with Crippen LogP contribution in [0.5, 0.6) is 0 Å². The Hall–Kier alpha value is -1.76. The van der Waals surface area contributed by atoms with Crippen LogP contribution in [0.1, 0.15) is 5.56 Å². The van der Waals surface area contributed by atoms with Gasteiger partial charge in [-0.3, -0.25) is 10.1 Å². The summed E-state index contributed by atoms with van der Waals surface area (Å²) in [7, 11) is 5.40. The summed E-state index contributed by atoms with van der Waals surface area (Å²) in [5.41, 5.74) is 1.53. The number of rotatable bonds is 2. The van der Waals surface area contributed by atoms with Gasteiger partial charge in [0.05, 0.1) is 10.6 Å². The second-order valence-corrected chi connectivity index (χ2v) is 3.97. The van der Waals surface area contributed by atoms with Gasteiger partial charge in [-0.05, 0) is 18.5 Å². The van der Waals surface area contributed by atoms with E-state index in [1.54, 1.807) is 19.1 Å². The van der Waals surface area contributed by atoms with Gasteiger partial charge in [0.1, 0.15) is 5.01 Å². The van der Waals surface area contributed by atoms with Crippen molar-refractivity contribution in [1.29, 1.82) is 0 Å². The number of nitro groups is 1. The summed E-state index contributed by atoms with van der Waals surface area (Å²) >= 11 is 1.12. The van der Waals surface area contributed by atoms with Crippen LogP contribution in [0.25, 0.3) is 10.6 Å². The van der Waals surface area contributed by atoms with Crippen molar-refractivity contribution < 1.29 is 4.92 Å². The Labute approximate surface area is 96.9 Å². The van der Waals surface area contributed by atoms with Crippen molar-refractivity contribution in [3.63, 3.8) is 0 Å². The molecule has 2 radical (unpaired) electrons. The smallest absolute Gasteiger partial charge is 0.258 e. The summed E-state index contributed by atoms with van der Waals surface area (Å²) in [5.74, 6) is 0. The van der Waals surface area contributed by atoms with Crippen molar-refractivity contribution >= 4 is 30.8 Å². The van der Waals surface area contributed by atoms with Gasteiger partial charge in [0.25, 0.3) is 5.69 Å². The standard InChI is InChI=1S/C9H6BN3O2S/c1-5-2-3-6(4-7(5)13(14)15)8-11-9(10)12-16-8/h2-4H,1H3. The average Bonchev–Trinajstić information content (AvgIpc) is 2.65. The first-order chi connectivity index (χ1) is 7.58. The van der Waals surface area contributed by atoms with E-state index in [4.69, 9.17) is 7.85 Å². The number of hydrogen-bond donors (Lipinski definition) is 0. The number of hydrogen-bond acceptors (Lipinski definition) is 5. The fraction of sp³-hybridized carbons (Fsp3) is 0.111. The third-order valence-corrected chi connectivity index (χ3v) is 2.87. The van der Waals surface area contributed by atoms with Crippen molar-refractivity contribution in [2.75, 3.05) is 0 Å². The van der Waals surface area contributed by atoms with Crippen LogP contribution < -0.4 is 5.72 Å². The van der Waals surface area contributed by atoms with Gasteiger partial charge in [0.2, 0.25) is 0 Å². The molecule has 2 aromatic rings. The maximum Gasteiger partial charge on any atom is 0.273 e. The molecular formula is C9H6BN3O2S. The van der Waals surface area contributed by atoms with Crippen LogP contribution in [-0.4, -0.2) is 22.1 Å². The fourth-order valence-electron chi connectivity index (χ4n) is 1.29. The minimum Gasteiger partial charge on any atom is -0.258 e. The van der Waals surface area contributed by atoms with Gasteiger partial charge in [-0.15, -0.1) is 0 Å². The highest BCUT2D eigenvalue weighted by atomic mass is 32.1. The van der Waals surface area contributed by atoms with Gasteiger partial charge in [-0.2, -0.15) is 4.37 Å². The molecule has 0 fully saturated rings. The zero-order chi connectivity index (χ0) is 11.7. The molecule has 0 aliphatic rings. The van der Waals surface area contributed by atoms with E-state index in [-0.39, 0.29) is 11.4 Å². The zero-order valence-electron chi connectivity index (χ0n) is 8.38. The van der Waals surface area contributed by atoms with Gasteiger partial charge >= 0.3 is 0 Å². The van der Waals surface area contributed by atoms with Crippen molar-refractivity contribution in [1.82, 2.24) is 9.36 Å². The molecule has 0 N–H and O–H groups in total. The van der Waals surface area contributed by atoms with Gasteiger partial charge in [0, 0.05) is 17.2 Å². The number of nitrogens with zero attached hydrogens (tertiary/aromatic N) is 3. The number of benzene rings is 1. The summed E-state index contributed by atoms with van der Waals surface area (Å²) in [6.45, 7) is 1.69. The largest absolute Gasteiger partial charge is 0.273 e. The molecule has 0 spiro atoms. The molecule has 1 aromatic heterocycles. The molecule has 7 heteroatoms. The van der Waals surface area contributed by atoms with Crippen LogP contribution in [0.15, 0.2) is 18.2 Å². The maximum absolute atomic E-state index is 10.8. The monoisotopic (exact) mass is 231 g/mol. The van der Waals surface area contributed by atoms with Crippen molar-refractivity contribution in [2.24, 2.45) is 0 Å². The maximum atomic E-state index is 10.8. The molecule has 0 bridgehead atoms. The minimum absolute atomic E-state index is 0.0753. The van der Waals surface area contributed by atoms with E-state index in [1.165, 1.54) is 6.07 Å². The fourth-order valence-corrected chi connectivity index (χ4v) is 1.88. The Morgan fingerprint density at radius 2 is 2.25 bits per heavy atom. The summed E-state index contributed by atoms with van der Waals surface area (Å²) in [6.07, 6.45) is 0. The summed E-state index contributed by atoms with van der Waals surface area (Å²) < 4.78 is 3.83. The van der Waals surface area contributed by atoms with E-state index in [2.05, 4.69) is 9.36 Å². The van der Waals surface area contributed by atoms with Crippen molar-refractivity contribution in [2.45, 2.75) is 6.92 Å². The Morgan fingerprint density at radius 3 is 2.81 bits per heavy atom. The lowest BCUT2D eigenvalue weighted by molar-refractivity contribution is -0.385. The van der Waals surface area contributed by atoms with E-state index in [1.807, 2.05) is 0 Å². The third-order valence-electron chi connectivity index (χ3n) is 2.09. The van der Waals surface area contributed by atoms with Gasteiger partial charge in [-0.1, -0.05) is 12.1 Å². The van der Waals surface area contributed by atoms with Crippen LogP contribution in [0.2, 0.25) is 0 Å². The van der Waals surface area contributed by atoms with E-state index in [9.17, 15) is 10.1 Å². The second-order valence-electron chi connectivity index (χ2n) is 3.22. The van der Waals surface area contributed by atoms with Gasteiger partial charge in [-0.25, -0.2) is 4.98 Å². The molecule has 0 unspecified atom stereocenters. The Balaban J connectivity index is 2.51. The highest BCUT2D eigenvalue weighted by Crippen LogP contribution is 2.26.